The Kier molecular flexibility index (Phi) is 9.04. The zero-order chi connectivity index (χ0) is 44.3. The van der Waals surface area contributed by atoms with Crippen molar-refractivity contribution in [3.63, 3.8) is 0 Å². The first-order valence-electron chi connectivity index (χ1n) is 22.4. The van der Waals surface area contributed by atoms with E-state index in [9.17, 15) is 0 Å². The summed E-state index contributed by atoms with van der Waals surface area (Å²) in [6.07, 6.45) is 0. The van der Waals surface area contributed by atoms with Crippen molar-refractivity contribution < 1.29 is 8.83 Å². The van der Waals surface area contributed by atoms with Crippen molar-refractivity contribution in [2.24, 2.45) is 0 Å². The molecule has 0 aliphatic rings. The molecular weight excluding hydrogens is 781 g/mol. The Morgan fingerprint density at radius 2 is 0.641 bits per heavy atom. The van der Waals surface area contributed by atoms with Crippen molar-refractivity contribution in [2.45, 2.75) is 69.2 Å². The summed E-state index contributed by atoms with van der Waals surface area (Å²) in [5, 5.41) is 9.00. The molecule has 11 aromatic rings. The van der Waals surface area contributed by atoms with E-state index < -0.39 is 0 Å². The molecule has 314 valence electrons. The molecule has 4 nitrogen and oxygen atoms in total. The summed E-state index contributed by atoms with van der Waals surface area (Å²) in [6, 6.07) is 49.1. The third kappa shape index (κ3) is 5.96. The number of benzene rings is 9. The Morgan fingerprint density at radius 1 is 0.312 bits per heavy atom. The smallest absolute Gasteiger partial charge is 0.139 e. The van der Waals surface area contributed by atoms with Crippen molar-refractivity contribution >= 4 is 99.5 Å². The van der Waals surface area contributed by atoms with Gasteiger partial charge in [-0.3, -0.25) is 0 Å². The van der Waals surface area contributed by atoms with Crippen molar-refractivity contribution in [1.82, 2.24) is 0 Å². The lowest BCUT2D eigenvalue weighted by molar-refractivity contribution is 0.657. The van der Waals surface area contributed by atoms with Crippen LogP contribution in [0, 0.1) is 69.2 Å². The van der Waals surface area contributed by atoms with Gasteiger partial charge in [0.25, 0.3) is 0 Å². The third-order valence-corrected chi connectivity index (χ3v) is 14.5. The van der Waals surface area contributed by atoms with E-state index in [4.69, 9.17) is 8.83 Å². The highest BCUT2D eigenvalue weighted by atomic mass is 16.3. The quantitative estimate of drug-likeness (QED) is 0.167. The molecule has 9 aromatic carbocycles. The molecule has 0 saturated carbocycles. The van der Waals surface area contributed by atoms with Crippen LogP contribution in [0.15, 0.2) is 142 Å². The van der Waals surface area contributed by atoms with Gasteiger partial charge >= 0.3 is 0 Å². The van der Waals surface area contributed by atoms with E-state index in [1.807, 2.05) is 0 Å². The van der Waals surface area contributed by atoms with Crippen LogP contribution in [-0.2, 0) is 0 Å². The normalized spacial score (nSPS) is 11.9. The molecule has 2 heterocycles. The number of nitrogens with zero attached hydrogens (tertiary/aromatic N) is 2. The van der Waals surface area contributed by atoms with Crippen LogP contribution in [0.25, 0.3) is 65.4 Å². The monoisotopic (exact) mass is 832 g/mol. The lowest BCUT2D eigenvalue weighted by Crippen LogP contribution is -2.13. The molecule has 0 fully saturated rings. The molecular formula is C60H52N2O2. The van der Waals surface area contributed by atoms with Crippen LogP contribution in [0.4, 0.5) is 34.1 Å². The summed E-state index contributed by atoms with van der Waals surface area (Å²) >= 11 is 0. The number of hydrogen-bond donors (Lipinski definition) is 0. The average molecular weight is 833 g/mol. The van der Waals surface area contributed by atoms with Gasteiger partial charge in [-0.05, 0) is 219 Å². The van der Waals surface area contributed by atoms with Crippen LogP contribution in [0.1, 0.15) is 55.6 Å². The van der Waals surface area contributed by atoms with E-state index in [1.165, 1.54) is 67.3 Å². The molecule has 2 aromatic heterocycles. The Labute approximate surface area is 375 Å². The van der Waals surface area contributed by atoms with Gasteiger partial charge in [0.05, 0.1) is 0 Å². The highest BCUT2D eigenvalue weighted by Crippen LogP contribution is 2.48. The van der Waals surface area contributed by atoms with Crippen molar-refractivity contribution in [2.75, 3.05) is 9.80 Å². The summed E-state index contributed by atoms with van der Waals surface area (Å²) in [5.74, 6) is 0. The minimum Gasteiger partial charge on any atom is -0.456 e. The second kappa shape index (κ2) is 14.6. The molecule has 0 amide bonds. The molecule has 0 saturated heterocycles. The van der Waals surface area contributed by atoms with Crippen LogP contribution < -0.4 is 9.80 Å². The van der Waals surface area contributed by atoms with Crippen LogP contribution >= 0.6 is 0 Å². The first-order chi connectivity index (χ1) is 30.9. The lowest BCUT2D eigenvalue weighted by Gasteiger charge is -2.30. The molecule has 0 N–H and O–H groups in total. The Bertz CT molecular complexity index is 3400. The number of fused-ring (bicyclic) bond motifs is 9. The Morgan fingerprint density at radius 3 is 0.969 bits per heavy atom. The fourth-order valence-electron chi connectivity index (χ4n) is 10.0. The zero-order valence-corrected chi connectivity index (χ0v) is 38.4. The summed E-state index contributed by atoms with van der Waals surface area (Å²) in [5.41, 5.74) is 22.9. The highest BCUT2D eigenvalue weighted by molar-refractivity contribution is 6.29. The van der Waals surface area contributed by atoms with E-state index in [2.05, 4.69) is 212 Å². The molecule has 0 aliphatic heterocycles. The zero-order valence-electron chi connectivity index (χ0n) is 38.4. The predicted octanol–water partition coefficient (Wildman–Crippen LogP) is 17.8. The number of hydrogen-bond acceptors (Lipinski definition) is 4. The number of anilines is 6. The van der Waals surface area contributed by atoms with E-state index in [1.54, 1.807) is 0 Å². The van der Waals surface area contributed by atoms with Gasteiger partial charge in [0.15, 0.2) is 0 Å². The molecule has 0 radical (unpaired) electrons. The van der Waals surface area contributed by atoms with Gasteiger partial charge in [-0.15, -0.1) is 0 Å². The van der Waals surface area contributed by atoms with E-state index in [0.29, 0.717) is 0 Å². The summed E-state index contributed by atoms with van der Waals surface area (Å²) < 4.78 is 13.9. The number of furan rings is 2. The van der Waals surface area contributed by atoms with Gasteiger partial charge in [-0.1, -0.05) is 60.7 Å². The Balaban J connectivity index is 1.09. The summed E-state index contributed by atoms with van der Waals surface area (Å²) in [7, 11) is 0. The van der Waals surface area contributed by atoms with Crippen molar-refractivity contribution in [3.8, 4) is 0 Å². The standard InChI is InChI=1S/C60H52N2O2/c1-33-15-11-19-51(37(33)5)61(52-20-12-16-34(2)38(52)6)47-25-23-43-29-49-55(31-45(43)27-47)63-59-41(9)42(10)60-58(57(49)59)50-30-44-24-26-48(28-46(44)32-56(50)64-60)62(53-21-13-17-35(3)39(53)7)54-22-14-18-36(4)40(54)8/h11-32H,1-10H3. The van der Waals surface area contributed by atoms with Crippen molar-refractivity contribution in [3.05, 3.63) is 189 Å². The van der Waals surface area contributed by atoms with E-state index >= 15 is 0 Å². The van der Waals surface area contributed by atoms with Gasteiger partial charge in [0.2, 0.25) is 0 Å². The van der Waals surface area contributed by atoms with Gasteiger partial charge < -0.3 is 18.6 Å². The molecule has 4 heteroatoms. The molecule has 0 atom stereocenters. The molecule has 64 heavy (non-hydrogen) atoms. The second-order valence-corrected chi connectivity index (χ2v) is 18.2. The molecule has 0 aliphatic carbocycles. The maximum atomic E-state index is 6.93. The largest absolute Gasteiger partial charge is 0.456 e. The van der Waals surface area contributed by atoms with Gasteiger partial charge in [0.1, 0.15) is 22.3 Å². The summed E-state index contributed by atoms with van der Waals surface area (Å²) in [4.78, 5) is 4.83. The molecule has 11 rings (SSSR count). The lowest BCUT2D eigenvalue weighted by atomic mass is 9.96. The van der Waals surface area contributed by atoms with Crippen LogP contribution in [0.5, 0.6) is 0 Å². The minimum absolute atomic E-state index is 0.873. The molecule has 0 unspecified atom stereocenters. The topological polar surface area (TPSA) is 32.8 Å². The maximum absolute atomic E-state index is 6.93. The van der Waals surface area contributed by atoms with E-state index in [0.717, 1.165) is 87.9 Å². The Hall–Kier alpha value is -7.30. The second-order valence-electron chi connectivity index (χ2n) is 18.2. The minimum atomic E-state index is 0.873. The van der Waals surface area contributed by atoms with Crippen LogP contribution in [0.2, 0.25) is 0 Å². The predicted molar refractivity (Wildman–Crippen MR) is 273 cm³/mol. The first kappa shape index (κ1) is 39.5. The third-order valence-electron chi connectivity index (χ3n) is 14.5. The van der Waals surface area contributed by atoms with Crippen molar-refractivity contribution in [1.29, 1.82) is 0 Å². The first-order valence-corrected chi connectivity index (χ1v) is 22.4. The maximum Gasteiger partial charge on any atom is 0.139 e. The van der Waals surface area contributed by atoms with Crippen LogP contribution in [-0.4, -0.2) is 0 Å². The van der Waals surface area contributed by atoms with Gasteiger partial charge in [0, 0.05) is 55.7 Å². The van der Waals surface area contributed by atoms with Gasteiger partial charge in [-0.2, -0.15) is 0 Å². The highest BCUT2D eigenvalue weighted by Gasteiger charge is 2.24. The van der Waals surface area contributed by atoms with Crippen LogP contribution in [0.3, 0.4) is 0 Å². The van der Waals surface area contributed by atoms with E-state index in [-0.39, 0.29) is 0 Å². The molecule has 0 spiro atoms. The fraction of sp³-hybridized carbons (Fsp3) is 0.167. The number of aryl methyl sites for hydroxylation is 6. The SMILES string of the molecule is Cc1cccc(N(c2ccc3cc4c(cc3c2)oc2c(C)c(C)c3oc5cc6cc(N(c7cccc(C)c7C)c7cccc(C)c7C)ccc6cc5c3c24)c2cccc(C)c2C)c1C. The average Bonchev–Trinajstić information content (AvgIpc) is 3.84. The van der Waals surface area contributed by atoms with Gasteiger partial charge in [-0.25, -0.2) is 0 Å². The number of rotatable bonds is 6. The fourth-order valence-corrected chi connectivity index (χ4v) is 10.0. The molecule has 0 bridgehead atoms. The summed E-state index contributed by atoms with van der Waals surface area (Å²) in [6.45, 7) is 22.0.